The van der Waals surface area contributed by atoms with Gasteiger partial charge in [-0.25, -0.2) is 0 Å². The van der Waals surface area contributed by atoms with Crippen LogP contribution in [0.15, 0.2) is 30.3 Å². The molecule has 0 heterocycles. The van der Waals surface area contributed by atoms with E-state index in [1.165, 1.54) is 40.6 Å². The minimum absolute atomic E-state index is 0.0794. The minimum atomic E-state index is -4.70. The van der Waals surface area contributed by atoms with Gasteiger partial charge >= 0.3 is 0 Å². The van der Waals surface area contributed by atoms with E-state index in [9.17, 15) is 14.7 Å². The van der Waals surface area contributed by atoms with Crippen LogP contribution in [0.3, 0.4) is 0 Å². The lowest BCUT2D eigenvalue weighted by Crippen LogP contribution is -2.32. The van der Waals surface area contributed by atoms with Crippen LogP contribution in [0.25, 0.3) is 12.2 Å². The van der Waals surface area contributed by atoms with E-state index in [1.807, 2.05) is 0 Å². The Morgan fingerprint density at radius 2 is 1.31 bits per heavy atom. The van der Waals surface area contributed by atoms with Crippen LogP contribution in [0, 0.1) is 0 Å². The number of hydrogen-bond donors (Lipinski definition) is 1. The van der Waals surface area contributed by atoms with E-state index in [-0.39, 0.29) is 11.1 Å². The van der Waals surface area contributed by atoms with Crippen LogP contribution in [0.2, 0.25) is 0 Å². The largest absolute Gasteiger partial charge is 0.655 e. The fourth-order valence-corrected chi connectivity index (χ4v) is 3.18. The van der Waals surface area contributed by atoms with E-state index < -0.39 is 7.94 Å². The first kappa shape index (κ1) is 20.0. The van der Waals surface area contributed by atoms with Gasteiger partial charge in [-0.2, -0.15) is 0 Å². The Morgan fingerprint density at radius 3 is 1.77 bits per heavy atom. The molecule has 0 spiro atoms. The van der Waals surface area contributed by atoms with E-state index in [0.29, 0.717) is 22.8 Å². The number of rotatable bonds is 7. The van der Waals surface area contributed by atoms with Gasteiger partial charge in [-0.1, -0.05) is 18.2 Å². The summed E-state index contributed by atoms with van der Waals surface area (Å²) in [6.45, 7) is 0. The molecule has 140 valence electrons. The zero-order valence-corrected chi connectivity index (χ0v) is 15.8. The van der Waals surface area contributed by atoms with Crippen molar-refractivity contribution in [1.82, 2.24) is 0 Å². The van der Waals surface area contributed by atoms with Crippen LogP contribution in [0.1, 0.15) is 11.1 Å². The van der Waals surface area contributed by atoms with E-state index in [1.54, 1.807) is 30.4 Å². The predicted octanol–water partition coefficient (Wildman–Crippen LogP) is 0.992. The van der Waals surface area contributed by atoms with Crippen molar-refractivity contribution in [3.63, 3.8) is 0 Å². The summed E-state index contributed by atoms with van der Waals surface area (Å²) in [5.41, 5.74) is 1.32. The van der Waals surface area contributed by atoms with Gasteiger partial charge in [-0.15, -0.1) is 0 Å². The summed E-state index contributed by atoms with van der Waals surface area (Å²) in [6, 6.07) is 8.00. The molecule has 0 fully saturated rings. The lowest BCUT2D eigenvalue weighted by Gasteiger charge is -2.28. The highest BCUT2D eigenvalue weighted by atomic mass is 31.2. The standard InChI is InChI=1S/C18H21O7P/c1-22-14-8-7-12(11-17(14)26(19,20)21)5-6-13-9-15(23-2)18(25-4)16(10-13)24-3/h5-11H,1-4H3,(H2,19,20,21)/p-1/b6-5+. The SMILES string of the molecule is COc1ccc(/C=C/c2cc(OC)c(OC)c(OC)c2)cc1[P+]([O-])([O-])O. The predicted molar refractivity (Wildman–Crippen MR) is 96.8 cm³/mol. The molecule has 0 saturated heterocycles. The molecule has 2 rings (SSSR count). The highest BCUT2D eigenvalue weighted by molar-refractivity contribution is 7.64. The summed E-state index contributed by atoms with van der Waals surface area (Å²) >= 11 is 0. The highest BCUT2D eigenvalue weighted by Gasteiger charge is 2.19. The maximum atomic E-state index is 11.5. The molecule has 2 aromatic carbocycles. The molecule has 7 nitrogen and oxygen atoms in total. The Balaban J connectivity index is 2.41. The molecule has 8 heteroatoms. The van der Waals surface area contributed by atoms with Gasteiger partial charge < -0.3 is 28.7 Å². The molecule has 0 saturated carbocycles. The van der Waals surface area contributed by atoms with Gasteiger partial charge in [0.2, 0.25) is 5.75 Å². The Morgan fingerprint density at radius 1 is 0.769 bits per heavy atom. The van der Waals surface area contributed by atoms with Gasteiger partial charge in [0.1, 0.15) is 0 Å². The van der Waals surface area contributed by atoms with Gasteiger partial charge in [0.15, 0.2) is 22.6 Å². The van der Waals surface area contributed by atoms with Crippen molar-refractivity contribution in [2.24, 2.45) is 0 Å². The smallest absolute Gasteiger partial charge is 0.203 e. The molecule has 1 N–H and O–H groups in total. The van der Waals surface area contributed by atoms with Gasteiger partial charge in [-0.05, 0) is 35.4 Å². The molecule has 0 unspecified atom stereocenters. The fraction of sp³-hybridized carbons (Fsp3) is 0.222. The number of benzene rings is 2. The van der Waals surface area contributed by atoms with Crippen molar-refractivity contribution < 1.29 is 33.6 Å². The minimum Gasteiger partial charge on any atom is -0.655 e. The third-order valence-electron chi connectivity index (χ3n) is 3.66. The van der Waals surface area contributed by atoms with Crippen molar-refractivity contribution in [2.75, 3.05) is 28.4 Å². The first-order chi connectivity index (χ1) is 12.3. The van der Waals surface area contributed by atoms with E-state index in [2.05, 4.69) is 0 Å². The molecule has 0 amide bonds. The van der Waals surface area contributed by atoms with Crippen LogP contribution in [0.5, 0.6) is 23.0 Å². The molecular formula is C18H20O7P-. The Bertz CT molecular complexity index is 772. The average molecular weight is 379 g/mol. The Hall–Kier alpha value is -2.31. The van der Waals surface area contributed by atoms with Crippen molar-refractivity contribution in [3.8, 4) is 23.0 Å². The highest BCUT2D eigenvalue weighted by Crippen LogP contribution is 2.39. The lowest BCUT2D eigenvalue weighted by molar-refractivity contribution is -0.325. The maximum absolute atomic E-state index is 11.5. The van der Waals surface area contributed by atoms with E-state index in [4.69, 9.17) is 18.9 Å². The molecule has 0 aliphatic carbocycles. The van der Waals surface area contributed by atoms with Gasteiger partial charge in [0, 0.05) is 0 Å². The second-order valence-electron chi connectivity index (χ2n) is 5.24. The first-order valence-corrected chi connectivity index (χ1v) is 9.12. The fourth-order valence-electron chi connectivity index (χ4n) is 2.42. The molecule has 0 aliphatic heterocycles. The quantitative estimate of drug-likeness (QED) is 0.565. The molecule has 26 heavy (non-hydrogen) atoms. The molecule has 0 atom stereocenters. The van der Waals surface area contributed by atoms with E-state index in [0.717, 1.165) is 5.56 Å². The van der Waals surface area contributed by atoms with Crippen molar-refractivity contribution in [2.45, 2.75) is 0 Å². The second kappa shape index (κ2) is 8.38. The summed E-state index contributed by atoms with van der Waals surface area (Å²) in [6.07, 6.45) is 3.45. The summed E-state index contributed by atoms with van der Waals surface area (Å²) < 4.78 is 20.8. The van der Waals surface area contributed by atoms with Crippen LogP contribution in [0.4, 0.5) is 0 Å². The molecule has 0 aliphatic rings. The molecule has 0 radical (unpaired) electrons. The summed E-state index contributed by atoms with van der Waals surface area (Å²) in [5.74, 6) is 1.56. The molecule has 2 aromatic rings. The van der Waals surface area contributed by atoms with Crippen molar-refractivity contribution >= 4 is 25.4 Å². The van der Waals surface area contributed by atoms with Crippen LogP contribution >= 0.6 is 7.94 Å². The zero-order chi connectivity index (χ0) is 19.3. The lowest BCUT2D eigenvalue weighted by atomic mass is 10.1. The summed E-state index contributed by atoms with van der Waals surface area (Å²) in [5, 5.41) is -0.271. The maximum Gasteiger partial charge on any atom is 0.203 e. The third-order valence-corrected chi connectivity index (χ3v) is 4.62. The topological polar surface area (TPSA) is 103 Å². The van der Waals surface area contributed by atoms with Gasteiger partial charge in [-0.3, -0.25) is 4.89 Å². The number of hydrogen-bond acceptors (Lipinski definition) is 7. The van der Waals surface area contributed by atoms with Crippen LogP contribution < -0.4 is 34.0 Å². The summed E-state index contributed by atoms with van der Waals surface area (Å²) in [4.78, 5) is 32.4. The number of methoxy groups -OCH3 is 4. The monoisotopic (exact) mass is 379 g/mol. The van der Waals surface area contributed by atoms with Crippen molar-refractivity contribution in [3.05, 3.63) is 41.5 Å². The third kappa shape index (κ3) is 4.45. The number of ether oxygens (including phenoxy) is 4. The van der Waals surface area contributed by atoms with Crippen LogP contribution in [-0.4, -0.2) is 33.3 Å². The van der Waals surface area contributed by atoms with Crippen molar-refractivity contribution in [1.29, 1.82) is 0 Å². The van der Waals surface area contributed by atoms with Gasteiger partial charge in [0.25, 0.3) is 0 Å². The Labute approximate surface area is 152 Å². The van der Waals surface area contributed by atoms with Gasteiger partial charge in [0.05, 0.1) is 36.4 Å². The average Bonchev–Trinajstić information content (AvgIpc) is 2.64. The molecule has 0 aromatic heterocycles. The van der Waals surface area contributed by atoms with Crippen LogP contribution in [-0.2, 0) is 0 Å². The second-order valence-corrected chi connectivity index (χ2v) is 6.77. The first-order valence-electron chi connectivity index (χ1n) is 7.54. The molecule has 0 bridgehead atoms. The molecular weight excluding hydrogens is 359 g/mol. The summed E-state index contributed by atoms with van der Waals surface area (Å²) in [7, 11) is 1.20. The zero-order valence-electron chi connectivity index (χ0n) is 14.9. The normalized spacial score (nSPS) is 11.5. The Kier molecular flexibility index (Phi) is 6.45. The van der Waals surface area contributed by atoms with E-state index >= 15 is 0 Å².